The number of rotatable bonds is 4. The van der Waals surface area contributed by atoms with Gasteiger partial charge in [-0.15, -0.1) is 0 Å². The Morgan fingerprint density at radius 2 is 1.00 bits per heavy atom. The monoisotopic (exact) mass is 760 g/mol. The summed E-state index contributed by atoms with van der Waals surface area (Å²) in [6, 6.07) is 47.1. The summed E-state index contributed by atoms with van der Waals surface area (Å²) in [6.45, 7) is 8.85. The van der Waals surface area contributed by atoms with Crippen molar-refractivity contribution >= 4 is 76.8 Å². The van der Waals surface area contributed by atoms with Crippen LogP contribution in [0.25, 0.3) is 99.1 Å². The van der Waals surface area contributed by atoms with Gasteiger partial charge in [0.15, 0.2) is 0 Å². The smallest absolute Gasteiger partial charge is 0.150 e. The summed E-state index contributed by atoms with van der Waals surface area (Å²) in [5.74, 6) is 1.43. The highest BCUT2D eigenvalue weighted by molar-refractivity contribution is 6.22. The maximum atomic E-state index is 6.84. The predicted octanol–water partition coefficient (Wildman–Crippen LogP) is 13.1. The molecule has 0 amide bonds. The van der Waals surface area contributed by atoms with Gasteiger partial charge in [0.05, 0.1) is 27.6 Å². The zero-order chi connectivity index (χ0) is 39.5. The summed E-state index contributed by atoms with van der Waals surface area (Å²) < 4.78 is 11.3. The van der Waals surface area contributed by atoms with Gasteiger partial charge in [-0.3, -0.25) is 8.80 Å². The lowest BCUT2D eigenvalue weighted by Gasteiger charge is -2.21. The van der Waals surface area contributed by atoms with Crippen molar-refractivity contribution < 1.29 is 4.74 Å². The van der Waals surface area contributed by atoms with Crippen LogP contribution in [0.5, 0.6) is 11.5 Å². The first-order valence-electron chi connectivity index (χ1n) is 20.0. The first-order valence-corrected chi connectivity index (χ1v) is 20.0. The fraction of sp³-hybridized carbons (Fsp3) is 0.0769. The number of para-hydroxylation sites is 4. The van der Waals surface area contributed by atoms with Crippen molar-refractivity contribution in [1.29, 1.82) is 0 Å². The van der Waals surface area contributed by atoms with Crippen LogP contribution in [-0.4, -0.2) is 28.7 Å². The molecule has 0 N–H and O–H groups in total. The minimum atomic E-state index is 0.709. The van der Waals surface area contributed by atoms with Crippen molar-refractivity contribution in [2.75, 3.05) is 0 Å². The number of nitrogens with zero attached hydrogens (tertiary/aromatic N) is 6. The van der Waals surface area contributed by atoms with Gasteiger partial charge in [0.25, 0.3) is 0 Å². The molecular weight excluding hydrogens is 725 g/mol. The first-order chi connectivity index (χ1) is 28.9. The quantitative estimate of drug-likeness (QED) is 0.167. The highest BCUT2D eigenvalue weighted by Crippen LogP contribution is 2.46. The van der Waals surface area contributed by atoms with Crippen LogP contribution in [0.4, 0.5) is 0 Å². The number of benzene rings is 7. The van der Waals surface area contributed by atoms with Gasteiger partial charge in [0.2, 0.25) is 0 Å². The fourth-order valence-electron chi connectivity index (χ4n) is 9.66. The van der Waals surface area contributed by atoms with E-state index in [1.54, 1.807) is 6.33 Å². The van der Waals surface area contributed by atoms with Crippen LogP contribution in [0.2, 0.25) is 0 Å². The van der Waals surface area contributed by atoms with E-state index in [4.69, 9.17) is 19.7 Å². The third-order valence-corrected chi connectivity index (χ3v) is 12.2. The SMILES string of the molecule is Cc1cccc(C)c1-c1ccc(-c2c(C)cccc2C)c2c1c1ccc(Oc3ccc4c5cncnc5n5c6ccccc6nc5c4c3)cc1c1nc3ccccc3n12. The zero-order valence-corrected chi connectivity index (χ0v) is 32.9. The summed E-state index contributed by atoms with van der Waals surface area (Å²) >= 11 is 0. The Bertz CT molecular complexity index is 3720. The van der Waals surface area contributed by atoms with Gasteiger partial charge in [-0.2, -0.15) is 0 Å². The molecule has 0 aliphatic rings. The highest BCUT2D eigenvalue weighted by Gasteiger charge is 2.23. The van der Waals surface area contributed by atoms with E-state index in [0.29, 0.717) is 5.75 Å². The Kier molecular flexibility index (Phi) is 7.06. The predicted molar refractivity (Wildman–Crippen MR) is 241 cm³/mol. The van der Waals surface area contributed by atoms with E-state index in [9.17, 15) is 0 Å². The number of aromatic nitrogens is 6. The molecule has 0 saturated heterocycles. The minimum Gasteiger partial charge on any atom is -0.457 e. The number of ether oxygens (including phenoxy) is 1. The normalized spacial score (nSPS) is 12.1. The topological polar surface area (TPSA) is 69.6 Å². The molecule has 12 rings (SSSR count). The third kappa shape index (κ3) is 4.82. The molecule has 12 aromatic rings. The van der Waals surface area contributed by atoms with Crippen LogP contribution in [0, 0.1) is 27.7 Å². The minimum absolute atomic E-state index is 0.709. The van der Waals surface area contributed by atoms with Crippen molar-refractivity contribution in [3.05, 3.63) is 168 Å². The standard InChI is InChI=1S/C52H36N6O/c1-29-11-9-12-30(2)46(29)37-23-24-38(47-31(3)13-10-14-32(47)4)49-48(37)36-22-20-34(26-40(36)51-55-42-15-5-7-17-44(42)57(49)51)59-33-19-21-35-39(25-33)52-56-43-16-6-8-18-45(43)58(52)50-41(35)27-53-28-54-50/h5-28H,1-4H3. The van der Waals surface area contributed by atoms with E-state index in [1.807, 2.05) is 30.5 Å². The van der Waals surface area contributed by atoms with Gasteiger partial charge in [0, 0.05) is 33.3 Å². The van der Waals surface area contributed by atoms with E-state index in [1.165, 1.54) is 49.9 Å². The molecule has 0 fully saturated rings. The number of hydrogen-bond donors (Lipinski definition) is 0. The summed E-state index contributed by atoms with van der Waals surface area (Å²) in [5, 5.41) is 6.27. The lowest BCUT2D eigenvalue weighted by atomic mass is 9.86. The molecule has 7 heteroatoms. The van der Waals surface area contributed by atoms with E-state index >= 15 is 0 Å². The van der Waals surface area contributed by atoms with Crippen LogP contribution in [0.15, 0.2) is 146 Å². The molecule has 0 radical (unpaired) electrons. The Labute approximate surface area is 338 Å². The Balaban J connectivity index is 1.15. The first kappa shape index (κ1) is 33.5. The second-order valence-corrected chi connectivity index (χ2v) is 15.7. The number of hydrogen-bond acceptors (Lipinski definition) is 5. The van der Waals surface area contributed by atoms with Crippen LogP contribution in [0.3, 0.4) is 0 Å². The molecule has 59 heavy (non-hydrogen) atoms. The Hall–Kier alpha value is -7.64. The summed E-state index contributed by atoms with van der Waals surface area (Å²) in [7, 11) is 0. The van der Waals surface area contributed by atoms with Crippen molar-refractivity contribution in [3.8, 4) is 33.8 Å². The van der Waals surface area contributed by atoms with Crippen LogP contribution < -0.4 is 4.74 Å². The number of imidazole rings is 2. The molecule has 0 saturated carbocycles. The molecule has 0 aliphatic carbocycles. The summed E-state index contributed by atoms with van der Waals surface area (Å²) in [4.78, 5) is 19.6. The lowest BCUT2D eigenvalue weighted by molar-refractivity contribution is 0.484. The van der Waals surface area contributed by atoms with Crippen LogP contribution in [0.1, 0.15) is 22.3 Å². The van der Waals surface area contributed by atoms with E-state index in [2.05, 4.69) is 151 Å². The molecule has 5 aromatic heterocycles. The molecule has 0 aliphatic heterocycles. The Morgan fingerprint density at radius 3 is 1.66 bits per heavy atom. The van der Waals surface area contributed by atoms with E-state index in [0.717, 1.165) is 77.2 Å². The maximum absolute atomic E-state index is 6.84. The fourth-order valence-corrected chi connectivity index (χ4v) is 9.66. The van der Waals surface area contributed by atoms with E-state index in [-0.39, 0.29) is 0 Å². The second-order valence-electron chi connectivity index (χ2n) is 15.7. The van der Waals surface area contributed by atoms with Crippen molar-refractivity contribution in [1.82, 2.24) is 28.7 Å². The van der Waals surface area contributed by atoms with E-state index < -0.39 is 0 Å². The molecule has 0 unspecified atom stereocenters. The second kappa shape index (κ2) is 12.4. The van der Waals surface area contributed by atoms with Crippen LogP contribution >= 0.6 is 0 Å². The third-order valence-electron chi connectivity index (χ3n) is 12.2. The maximum Gasteiger partial charge on any atom is 0.150 e. The van der Waals surface area contributed by atoms with Gasteiger partial charge < -0.3 is 4.74 Å². The van der Waals surface area contributed by atoms with Crippen LogP contribution in [-0.2, 0) is 0 Å². The molecule has 7 nitrogen and oxygen atoms in total. The summed E-state index contributed by atoms with van der Waals surface area (Å²) in [5.41, 5.74) is 17.5. The zero-order valence-electron chi connectivity index (χ0n) is 32.9. The number of pyridine rings is 2. The van der Waals surface area contributed by atoms with Gasteiger partial charge in [-0.25, -0.2) is 19.9 Å². The van der Waals surface area contributed by atoms with Crippen molar-refractivity contribution in [2.24, 2.45) is 0 Å². The highest BCUT2D eigenvalue weighted by atomic mass is 16.5. The largest absolute Gasteiger partial charge is 0.457 e. The van der Waals surface area contributed by atoms with Gasteiger partial charge in [0.1, 0.15) is 34.8 Å². The van der Waals surface area contributed by atoms with Gasteiger partial charge >= 0.3 is 0 Å². The van der Waals surface area contributed by atoms with Gasteiger partial charge in [-0.1, -0.05) is 72.8 Å². The molecule has 0 atom stereocenters. The summed E-state index contributed by atoms with van der Waals surface area (Å²) in [6.07, 6.45) is 3.48. The molecule has 5 heterocycles. The average molecular weight is 761 g/mol. The Morgan fingerprint density at radius 1 is 0.458 bits per heavy atom. The lowest BCUT2D eigenvalue weighted by Crippen LogP contribution is -2.00. The number of aryl methyl sites for hydroxylation is 4. The molecule has 0 spiro atoms. The molecule has 280 valence electrons. The van der Waals surface area contributed by atoms with Crippen molar-refractivity contribution in [3.63, 3.8) is 0 Å². The number of fused-ring (bicyclic) bond motifs is 16. The average Bonchev–Trinajstić information content (AvgIpc) is 3.84. The van der Waals surface area contributed by atoms with Gasteiger partial charge in [-0.05, 0) is 138 Å². The molecule has 7 aromatic carbocycles. The van der Waals surface area contributed by atoms with Crippen molar-refractivity contribution in [2.45, 2.75) is 27.7 Å². The molecular formula is C52H36N6O. The molecule has 0 bridgehead atoms.